The number of halogens is 3. The predicted molar refractivity (Wildman–Crippen MR) is 27.0 cm³/mol. The Bertz CT molecular complexity index is 250. The number of hydrogen-bond donors (Lipinski definition) is 0. The summed E-state index contributed by atoms with van der Waals surface area (Å²) in [6.45, 7) is 0. The first kappa shape index (κ1) is 10.2. The highest BCUT2D eigenvalue weighted by Gasteiger charge is 2.43. The zero-order valence-electron chi connectivity index (χ0n) is 5.18. The van der Waals surface area contributed by atoms with Gasteiger partial charge in [-0.1, -0.05) is 0 Å². The maximum absolute atomic E-state index is 11.2. The third kappa shape index (κ3) is 4.59. The van der Waals surface area contributed by atoms with Gasteiger partial charge < -0.3 is 4.18 Å². The average Bonchev–Trinajstić information content (AvgIpc) is 1.56. The predicted octanol–water partition coefficient (Wildman–Crippen LogP) is 0.0515. The summed E-state index contributed by atoms with van der Waals surface area (Å²) in [6, 6.07) is 0. The Hall–Kier alpha value is -0.790. The van der Waals surface area contributed by atoms with Crippen LogP contribution >= 0.6 is 0 Å². The summed E-state index contributed by atoms with van der Waals surface area (Å²) in [5, 5.41) is 0. The SMILES string of the molecule is CS(=O)(=O)OC(=O)C(F)(F)F. The molecule has 0 aliphatic rings. The molecule has 0 spiro atoms. The minimum absolute atomic E-state index is 0.344. The van der Waals surface area contributed by atoms with Gasteiger partial charge in [-0.25, -0.2) is 4.79 Å². The van der Waals surface area contributed by atoms with Crippen LogP contribution in [0.4, 0.5) is 13.2 Å². The second kappa shape index (κ2) is 2.68. The first-order chi connectivity index (χ1) is 4.63. The largest absolute Gasteiger partial charge is 0.492 e. The Balaban J connectivity index is 4.35. The van der Waals surface area contributed by atoms with Crippen LogP contribution in [-0.4, -0.2) is 26.8 Å². The number of carbonyl (C=O) groups excluding carboxylic acids is 1. The van der Waals surface area contributed by atoms with Crippen molar-refractivity contribution in [3.63, 3.8) is 0 Å². The summed E-state index contributed by atoms with van der Waals surface area (Å²) in [4.78, 5) is 9.75. The van der Waals surface area contributed by atoms with Crippen molar-refractivity contribution >= 4 is 16.1 Å². The molecule has 0 saturated heterocycles. The van der Waals surface area contributed by atoms with E-state index in [1.807, 2.05) is 0 Å². The minimum atomic E-state index is -5.27. The molecule has 0 radical (unpaired) electrons. The normalized spacial score (nSPS) is 12.7. The molecule has 0 heterocycles. The molecular weight excluding hydrogens is 189 g/mol. The van der Waals surface area contributed by atoms with Gasteiger partial charge in [0, 0.05) is 0 Å². The second-order valence-electron chi connectivity index (χ2n) is 1.57. The van der Waals surface area contributed by atoms with Gasteiger partial charge in [-0.05, 0) is 0 Å². The summed E-state index contributed by atoms with van der Waals surface area (Å²) in [7, 11) is -4.38. The van der Waals surface area contributed by atoms with Gasteiger partial charge in [-0.2, -0.15) is 21.6 Å². The molecule has 8 heteroatoms. The third-order valence-corrected chi connectivity index (χ3v) is 0.913. The highest BCUT2D eigenvalue weighted by atomic mass is 32.2. The Morgan fingerprint density at radius 3 is 1.82 bits per heavy atom. The molecule has 0 saturated carbocycles. The van der Waals surface area contributed by atoms with Gasteiger partial charge in [0.15, 0.2) is 0 Å². The number of carbonyl (C=O) groups is 1. The molecule has 0 aromatic rings. The van der Waals surface area contributed by atoms with Crippen molar-refractivity contribution in [3.8, 4) is 0 Å². The molecule has 0 aliphatic heterocycles. The molecule has 0 aromatic carbocycles. The van der Waals surface area contributed by atoms with E-state index < -0.39 is 22.3 Å². The smallest absolute Gasteiger partial charge is 0.338 e. The van der Waals surface area contributed by atoms with Crippen molar-refractivity contribution in [1.82, 2.24) is 0 Å². The molecule has 0 aromatic heterocycles. The van der Waals surface area contributed by atoms with Crippen molar-refractivity contribution in [2.45, 2.75) is 6.18 Å². The van der Waals surface area contributed by atoms with Gasteiger partial charge in [0.1, 0.15) is 0 Å². The van der Waals surface area contributed by atoms with Crippen LogP contribution < -0.4 is 0 Å². The van der Waals surface area contributed by atoms with Crippen LogP contribution in [0.15, 0.2) is 0 Å². The van der Waals surface area contributed by atoms with E-state index in [0.29, 0.717) is 6.26 Å². The quantitative estimate of drug-likeness (QED) is 0.551. The lowest BCUT2D eigenvalue weighted by atomic mass is 10.7. The Labute approximate surface area is 60.1 Å². The van der Waals surface area contributed by atoms with Crippen LogP contribution in [0.1, 0.15) is 0 Å². The van der Waals surface area contributed by atoms with Gasteiger partial charge in [0.05, 0.1) is 6.26 Å². The van der Waals surface area contributed by atoms with Crippen molar-refractivity contribution in [2.75, 3.05) is 6.26 Å². The summed E-state index contributed by atoms with van der Waals surface area (Å²) < 4.78 is 56.6. The lowest BCUT2D eigenvalue weighted by Crippen LogP contribution is -2.27. The first-order valence-corrected chi connectivity index (χ1v) is 3.95. The minimum Gasteiger partial charge on any atom is -0.338 e. The van der Waals surface area contributed by atoms with Gasteiger partial charge in [0.25, 0.3) is 0 Å². The molecule has 0 amide bonds. The average molecular weight is 192 g/mol. The van der Waals surface area contributed by atoms with E-state index in [4.69, 9.17) is 0 Å². The second-order valence-corrected chi connectivity index (χ2v) is 3.15. The molecule has 66 valence electrons. The first-order valence-electron chi connectivity index (χ1n) is 2.13. The summed E-state index contributed by atoms with van der Waals surface area (Å²) in [6.07, 6.45) is -4.93. The van der Waals surface area contributed by atoms with E-state index >= 15 is 0 Å². The molecule has 0 fully saturated rings. The summed E-state index contributed by atoms with van der Waals surface area (Å²) >= 11 is 0. The number of rotatable bonds is 1. The van der Waals surface area contributed by atoms with Crippen LogP contribution in [0.5, 0.6) is 0 Å². The molecule has 0 N–H and O–H groups in total. The number of alkyl halides is 3. The van der Waals surface area contributed by atoms with E-state index in [1.165, 1.54) is 0 Å². The highest BCUT2D eigenvalue weighted by Crippen LogP contribution is 2.17. The van der Waals surface area contributed by atoms with Crippen molar-refractivity contribution < 1.29 is 30.6 Å². The van der Waals surface area contributed by atoms with Gasteiger partial charge >= 0.3 is 22.3 Å². The molecule has 0 bridgehead atoms. The molecule has 0 aliphatic carbocycles. The van der Waals surface area contributed by atoms with E-state index in [1.54, 1.807) is 0 Å². The fraction of sp³-hybridized carbons (Fsp3) is 0.667. The zero-order valence-corrected chi connectivity index (χ0v) is 5.99. The van der Waals surface area contributed by atoms with Crippen LogP contribution in [0.25, 0.3) is 0 Å². The lowest BCUT2D eigenvalue weighted by Gasteiger charge is -2.03. The molecular formula is C3H3F3O4S. The molecule has 0 unspecified atom stereocenters. The van der Waals surface area contributed by atoms with Crippen LogP contribution in [-0.2, 0) is 19.1 Å². The maximum atomic E-state index is 11.2. The van der Waals surface area contributed by atoms with Gasteiger partial charge in [0.2, 0.25) is 0 Å². The molecule has 0 atom stereocenters. The third-order valence-electron chi connectivity index (χ3n) is 0.459. The van der Waals surface area contributed by atoms with Crippen LogP contribution in [0.2, 0.25) is 0 Å². The summed E-state index contributed by atoms with van der Waals surface area (Å²) in [5.74, 6) is -2.74. The highest BCUT2D eigenvalue weighted by molar-refractivity contribution is 7.86. The Morgan fingerprint density at radius 2 is 1.73 bits per heavy atom. The van der Waals surface area contributed by atoms with Gasteiger partial charge in [-0.3, -0.25) is 0 Å². The van der Waals surface area contributed by atoms with Crippen LogP contribution in [0.3, 0.4) is 0 Å². The Morgan fingerprint density at radius 1 is 1.36 bits per heavy atom. The maximum Gasteiger partial charge on any atom is 0.492 e. The summed E-state index contributed by atoms with van der Waals surface area (Å²) in [5.41, 5.74) is 0. The van der Waals surface area contributed by atoms with Crippen molar-refractivity contribution in [2.24, 2.45) is 0 Å². The van der Waals surface area contributed by atoms with E-state index in [2.05, 4.69) is 4.18 Å². The van der Waals surface area contributed by atoms with Crippen molar-refractivity contribution in [1.29, 1.82) is 0 Å². The molecule has 0 rings (SSSR count). The zero-order chi connectivity index (χ0) is 9.28. The fourth-order valence-electron chi connectivity index (χ4n) is 0.185. The molecule has 4 nitrogen and oxygen atoms in total. The standard InChI is InChI=1S/C3H3F3O4S/c1-11(8,9)10-2(7)3(4,5)6/h1H3. The topological polar surface area (TPSA) is 60.4 Å². The van der Waals surface area contributed by atoms with E-state index in [0.717, 1.165) is 0 Å². The van der Waals surface area contributed by atoms with Gasteiger partial charge in [-0.15, -0.1) is 0 Å². The fourth-order valence-corrected chi connectivity index (χ4v) is 0.554. The lowest BCUT2D eigenvalue weighted by molar-refractivity contribution is -0.189. The Kier molecular flexibility index (Phi) is 2.49. The van der Waals surface area contributed by atoms with Crippen LogP contribution in [0, 0.1) is 0 Å². The monoisotopic (exact) mass is 192 g/mol. The van der Waals surface area contributed by atoms with E-state index in [9.17, 15) is 26.4 Å². The molecule has 11 heavy (non-hydrogen) atoms. The number of hydrogen-bond acceptors (Lipinski definition) is 4. The van der Waals surface area contributed by atoms with E-state index in [-0.39, 0.29) is 0 Å². The van der Waals surface area contributed by atoms with Crippen molar-refractivity contribution in [3.05, 3.63) is 0 Å².